The number of unbranched alkanes of at least 4 members (excludes halogenated alkanes) is 1. The molecule has 1 aromatic carbocycles. The van der Waals surface area contributed by atoms with Gasteiger partial charge in [0.15, 0.2) is 0 Å². The molecule has 1 N–H and O–H groups in total. The number of carbonyl (C=O) groups excluding carboxylic acids is 1. The lowest BCUT2D eigenvalue weighted by Crippen LogP contribution is -2.29. The Balaban J connectivity index is 1.58. The molecular weight excluding hydrogens is 510 g/mol. The Morgan fingerprint density at radius 3 is 1.95 bits per heavy atom. The van der Waals surface area contributed by atoms with Crippen LogP contribution in [0.4, 0.5) is 0 Å². The first-order valence-corrected chi connectivity index (χ1v) is 15.7. The molecule has 8 nitrogen and oxygen atoms in total. The smallest absolute Gasteiger partial charge is 0.134 e. The maximum atomic E-state index is 12.3. The average molecular weight is 564 g/mol. The van der Waals surface area contributed by atoms with Crippen LogP contribution in [0.3, 0.4) is 0 Å². The topological polar surface area (TPSA) is 73.3 Å². The zero-order chi connectivity index (χ0) is 29.3. The molecule has 0 bridgehead atoms. The van der Waals surface area contributed by atoms with E-state index >= 15 is 0 Å². The Bertz CT molecular complexity index is 1090. The minimum absolute atomic E-state index is 0.384. The molecule has 8 heteroatoms. The highest BCUT2D eigenvalue weighted by Crippen LogP contribution is 2.15. The van der Waals surface area contributed by atoms with Crippen LogP contribution in [0.15, 0.2) is 49.1 Å². The van der Waals surface area contributed by atoms with Gasteiger partial charge in [0.2, 0.25) is 0 Å². The molecule has 0 aliphatic rings. The highest BCUT2D eigenvalue weighted by Gasteiger charge is 2.14. The second-order valence-corrected chi connectivity index (χ2v) is 11.3. The van der Waals surface area contributed by atoms with Crippen LogP contribution in [-0.2, 0) is 38.0 Å². The van der Waals surface area contributed by atoms with Gasteiger partial charge >= 0.3 is 0 Å². The average Bonchev–Trinajstić information content (AvgIpc) is 3.62. The van der Waals surface area contributed by atoms with E-state index in [1.165, 1.54) is 56.4 Å². The molecule has 0 saturated heterocycles. The highest BCUT2D eigenvalue weighted by atomic mass is 16.1. The molecule has 0 atom stereocenters. The normalized spacial score (nSPS) is 11.8. The lowest BCUT2D eigenvalue weighted by Gasteiger charge is -2.24. The number of Topliss-reactive ketones (excluding diaryl/α,β-unsaturated/α-hetero) is 1. The largest absolute Gasteiger partial charge is 0.348 e. The molecule has 226 valence electrons. The van der Waals surface area contributed by atoms with Gasteiger partial charge in [-0.25, -0.2) is 9.97 Å². The van der Waals surface area contributed by atoms with E-state index < -0.39 is 0 Å². The molecule has 3 rings (SSSR count). The summed E-state index contributed by atoms with van der Waals surface area (Å²) in [6.45, 7) is 15.2. The van der Waals surface area contributed by atoms with Crippen LogP contribution in [0.1, 0.15) is 88.5 Å². The van der Waals surface area contributed by atoms with Crippen molar-refractivity contribution < 1.29 is 4.79 Å². The predicted octanol–water partition coefficient (Wildman–Crippen LogP) is 5.81. The zero-order valence-corrected chi connectivity index (χ0v) is 26.0. The SMILES string of the molecule is CCCC(=O)CCN(CCCCN(CCC)CCC)Cc1ccc(CN(Cc2ncc[nH]2)Cc2nccn2C)cc1. The van der Waals surface area contributed by atoms with Crippen molar-refractivity contribution in [2.24, 2.45) is 7.05 Å². The van der Waals surface area contributed by atoms with E-state index in [2.05, 4.69) is 79.3 Å². The molecule has 0 radical (unpaired) electrons. The molecular formula is C33H53N7O. The van der Waals surface area contributed by atoms with Gasteiger partial charge in [0, 0.05) is 64.3 Å². The molecule has 0 unspecified atom stereocenters. The summed E-state index contributed by atoms with van der Waals surface area (Å²) in [5.74, 6) is 2.37. The maximum absolute atomic E-state index is 12.3. The monoisotopic (exact) mass is 563 g/mol. The molecule has 41 heavy (non-hydrogen) atoms. The van der Waals surface area contributed by atoms with Crippen molar-refractivity contribution in [3.63, 3.8) is 0 Å². The number of hydrogen-bond acceptors (Lipinski definition) is 6. The molecule has 0 saturated carbocycles. The number of aryl methyl sites for hydroxylation is 1. The summed E-state index contributed by atoms with van der Waals surface area (Å²) in [6.07, 6.45) is 14.6. The number of nitrogens with one attached hydrogen (secondary N) is 1. The van der Waals surface area contributed by atoms with Crippen molar-refractivity contribution >= 4 is 5.78 Å². The van der Waals surface area contributed by atoms with Crippen LogP contribution in [0.25, 0.3) is 0 Å². The van der Waals surface area contributed by atoms with Crippen molar-refractivity contribution in [1.82, 2.24) is 34.2 Å². The summed E-state index contributed by atoms with van der Waals surface area (Å²) in [5.41, 5.74) is 2.57. The highest BCUT2D eigenvalue weighted by molar-refractivity contribution is 5.78. The Morgan fingerprint density at radius 2 is 1.39 bits per heavy atom. The summed E-state index contributed by atoms with van der Waals surface area (Å²) in [6, 6.07) is 9.01. The van der Waals surface area contributed by atoms with Crippen LogP contribution in [-0.4, -0.2) is 72.7 Å². The van der Waals surface area contributed by atoms with Gasteiger partial charge in [-0.1, -0.05) is 45.0 Å². The molecule has 3 aromatic rings. The Hall–Kier alpha value is -2.81. The number of nitrogens with zero attached hydrogens (tertiary/aromatic N) is 6. The number of ketones is 1. The van der Waals surface area contributed by atoms with E-state index in [0.717, 1.165) is 57.3 Å². The van der Waals surface area contributed by atoms with E-state index in [4.69, 9.17) is 0 Å². The first-order chi connectivity index (χ1) is 20.0. The lowest BCUT2D eigenvalue weighted by atomic mass is 10.1. The Morgan fingerprint density at radius 1 is 0.732 bits per heavy atom. The van der Waals surface area contributed by atoms with Crippen LogP contribution in [0.5, 0.6) is 0 Å². The first-order valence-electron chi connectivity index (χ1n) is 15.7. The predicted molar refractivity (Wildman–Crippen MR) is 167 cm³/mol. The van der Waals surface area contributed by atoms with Crippen LogP contribution in [0.2, 0.25) is 0 Å². The third-order valence-electron chi connectivity index (χ3n) is 7.56. The zero-order valence-electron chi connectivity index (χ0n) is 26.0. The molecule has 0 spiro atoms. The number of H-pyrrole nitrogens is 1. The van der Waals surface area contributed by atoms with Gasteiger partial charge in [-0.05, 0) is 69.4 Å². The van der Waals surface area contributed by atoms with E-state index in [1.807, 2.05) is 25.6 Å². The number of carbonyl (C=O) groups is 1. The molecule has 0 amide bonds. The molecule has 0 aliphatic heterocycles. The van der Waals surface area contributed by atoms with Crippen molar-refractivity contribution in [3.05, 3.63) is 71.8 Å². The fourth-order valence-electron chi connectivity index (χ4n) is 5.37. The molecule has 0 fully saturated rings. The minimum atomic E-state index is 0.384. The summed E-state index contributed by atoms with van der Waals surface area (Å²) in [5, 5.41) is 0. The van der Waals surface area contributed by atoms with Gasteiger partial charge in [-0.15, -0.1) is 0 Å². The van der Waals surface area contributed by atoms with E-state index in [0.29, 0.717) is 18.6 Å². The summed E-state index contributed by atoms with van der Waals surface area (Å²) in [7, 11) is 2.04. The first kappa shape index (κ1) is 32.7. The van der Waals surface area contributed by atoms with Crippen molar-refractivity contribution in [2.45, 2.75) is 91.9 Å². The van der Waals surface area contributed by atoms with E-state index in [-0.39, 0.29) is 0 Å². The van der Waals surface area contributed by atoms with Crippen LogP contribution in [0, 0.1) is 0 Å². The van der Waals surface area contributed by atoms with E-state index in [1.54, 1.807) is 6.20 Å². The van der Waals surface area contributed by atoms with Gasteiger partial charge in [0.05, 0.1) is 13.1 Å². The van der Waals surface area contributed by atoms with Gasteiger partial charge in [0.25, 0.3) is 0 Å². The van der Waals surface area contributed by atoms with Gasteiger partial charge in [0.1, 0.15) is 17.4 Å². The second-order valence-electron chi connectivity index (χ2n) is 11.3. The number of aromatic nitrogens is 4. The third kappa shape index (κ3) is 12.3. The molecule has 2 aromatic heterocycles. The number of aromatic amines is 1. The van der Waals surface area contributed by atoms with Crippen LogP contribution < -0.4 is 0 Å². The van der Waals surface area contributed by atoms with Gasteiger partial charge in [-0.3, -0.25) is 14.6 Å². The van der Waals surface area contributed by atoms with Crippen LogP contribution >= 0.6 is 0 Å². The number of imidazole rings is 2. The minimum Gasteiger partial charge on any atom is -0.348 e. The number of benzene rings is 1. The van der Waals surface area contributed by atoms with Gasteiger partial charge < -0.3 is 14.5 Å². The fraction of sp³-hybridized carbons (Fsp3) is 0.606. The second kappa shape index (κ2) is 18.6. The summed E-state index contributed by atoms with van der Waals surface area (Å²) in [4.78, 5) is 32.0. The standard InChI is InChI=1S/C33H53N7O/c1-5-10-31(41)15-23-39(22-9-8-21-38(19-6-2)20-7-3)25-29-11-13-30(14-12-29)26-40(27-32-34-16-17-35-32)28-33-36-18-24-37(33)4/h11-14,16-18,24H,5-10,15,19-23,25-28H2,1-4H3,(H,34,35). The quantitative estimate of drug-likeness (QED) is 0.156. The molecule has 0 aliphatic carbocycles. The lowest BCUT2D eigenvalue weighted by molar-refractivity contribution is -0.119. The van der Waals surface area contributed by atoms with E-state index in [9.17, 15) is 4.79 Å². The van der Waals surface area contributed by atoms with Gasteiger partial charge in [-0.2, -0.15) is 0 Å². The summed E-state index contributed by atoms with van der Waals surface area (Å²) >= 11 is 0. The summed E-state index contributed by atoms with van der Waals surface area (Å²) < 4.78 is 2.07. The molecule has 2 heterocycles. The number of rotatable bonds is 22. The number of hydrogen-bond donors (Lipinski definition) is 1. The van der Waals surface area contributed by atoms with Crippen molar-refractivity contribution in [2.75, 3.05) is 32.7 Å². The third-order valence-corrected chi connectivity index (χ3v) is 7.56. The van der Waals surface area contributed by atoms with Crippen molar-refractivity contribution in [1.29, 1.82) is 0 Å². The fourth-order valence-corrected chi connectivity index (χ4v) is 5.37. The maximum Gasteiger partial charge on any atom is 0.134 e. The Labute approximate surface area is 248 Å². The Kier molecular flexibility index (Phi) is 14.8. The van der Waals surface area contributed by atoms with Crippen molar-refractivity contribution in [3.8, 4) is 0 Å².